The summed E-state index contributed by atoms with van der Waals surface area (Å²) in [6.07, 6.45) is 39.5. The molecule has 2 atom stereocenters. The highest BCUT2D eigenvalue weighted by atomic mass is 16.5. The highest BCUT2D eigenvalue weighted by Gasteiger charge is 2.30. The zero-order valence-corrected chi connectivity index (χ0v) is 28.9. The first-order valence-corrected chi connectivity index (χ1v) is 18.8. The molecule has 0 aromatic carbocycles. The number of carboxylic acid groups (broad SMARTS) is 1. The molecule has 0 aliphatic heterocycles. The van der Waals surface area contributed by atoms with E-state index < -0.39 is 18.0 Å². The molecule has 4 nitrogen and oxygen atoms in total. The Morgan fingerprint density at radius 2 is 0.953 bits per heavy atom. The molecule has 1 N–H and O–H groups in total. The molecule has 0 saturated heterocycles. The van der Waals surface area contributed by atoms with Gasteiger partial charge in [-0.2, -0.15) is 0 Å². The lowest BCUT2D eigenvalue weighted by Gasteiger charge is -2.24. The predicted octanol–water partition coefficient (Wildman–Crippen LogP) is 12.7. The topological polar surface area (TPSA) is 63.6 Å². The molecule has 0 aromatic rings. The van der Waals surface area contributed by atoms with Crippen LogP contribution in [0.4, 0.5) is 0 Å². The van der Waals surface area contributed by atoms with Gasteiger partial charge in [-0.15, -0.1) is 0 Å². The van der Waals surface area contributed by atoms with Crippen LogP contribution < -0.4 is 0 Å². The second-order valence-corrected chi connectivity index (χ2v) is 12.8. The SMILES string of the molecule is CCCCCC=CCC=CCCCCCCC(C(=O)O)C(CCCCCCCCCCCC)OC(=O)CCCCCCC. The number of hydrogen-bond acceptors (Lipinski definition) is 3. The Morgan fingerprint density at radius 1 is 0.535 bits per heavy atom. The summed E-state index contributed by atoms with van der Waals surface area (Å²) in [6, 6.07) is 0. The highest BCUT2D eigenvalue weighted by Crippen LogP contribution is 2.24. The van der Waals surface area contributed by atoms with Crippen LogP contribution >= 0.6 is 0 Å². The molecule has 0 radical (unpaired) electrons. The number of hydrogen-bond donors (Lipinski definition) is 1. The summed E-state index contributed by atoms with van der Waals surface area (Å²) in [7, 11) is 0. The number of ether oxygens (including phenoxy) is 1. The Hall–Kier alpha value is -1.58. The minimum Gasteiger partial charge on any atom is -0.481 e. The lowest BCUT2D eigenvalue weighted by Crippen LogP contribution is -2.32. The monoisotopic (exact) mass is 605 g/mol. The molecule has 0 aliphatic rings. The highest BCUT2D eigenvalue weighted by molar-refractivity contribution is 5.73. The fourth-order valence-electron chi connectivity index (χ4n) is 5.74. The first-order chi connectivity index (χ1) is 21.1. The number of carbonyl (C=O) groups is 2. The first kappa shape index (κ1) is 41.4. The molecular formula is C39H72O4. The zero-order valence-electron chi connectivity index (χ0n) is 28.9. The van der Waals surface area contributed by atoms with Gasteiger partial charge in [-0.25, -0.2) is 0 Å². The van der Waals surface area contributed by atoms with Gasteiger partial charge in [0.05, 0.1) is 5.92 Å². The molecule has 0 spiro atoms. The quantitative estimate of drug-likeness (QED) is 0.0460. The van der Waals surface area contributed by atoms with Gasteiger partial charge in [0.1, 0.15) is 6.10 Å². The Bertz CT molecular complexity index is 668. The third-order valence-electron chi connectivity index (χ3n) is 8.59. The average molecular weight is 605 g/mol. The number of carbonyl (C=O) groups excluding carboxylic acids is 1. The maximum atomic E-state index is 12.7. The van der Waals surface area contributed by atoms with Crippen LogP contribution in [0, 0.1) is 5.92 Å². The molecule has 0 heterocycles. The molecule has 0 amide bonds. The van der Waals surface area contributed by atoms with Crippen molar-refractivity contribution in [1.82, 2.24) is 0 Å². The summed E-state index contributed by atoms with van der Waals surface area (Å²) in [5.74, 6) is -1.60. The molecule has 4 heteroatoms. The molecule has 0 rings (SSSR count). The Morgan fingerprint density at radius 3 is 1.49 bits per heavy atom. The average Bonchev–Trinajstić information content (AvgIpc) is 2.99. The van der Waals surface area contributed by atoms with Crippen molar-refractivity contribution < 1.29 is 19.4 Å². The molecule has 2 unspecified atom stereocenters. The van der Waals surface area contributed by atoms with Gasteiger partial charge in [0.25, 0.3) is 0 Å². The van der Waals surface area contributed by atoms with Gasteiger partial charge in [-0.05, 0) is 57.8 Å². The van der Waals surface area contributed by atoms with Crippen molar-refractivity contribution in [2.75, 3.05) is 0 Å². The maximum Gasteiger partial charge on any atom is 0.310 e. The second kappa shape index (κ2) is 33.3. The van der Waals surface area contributed by atoms with E-state index >= 15 is 0 Å². The minimum atomic E-state index is -0.807. The van der Waals surface area contributed by atoms with Crippen molar-refractivity contribution in [2.24, 2.45) is 5.92 Å². The van der Waals surface area contributed by atoms with Gasteiger partial charge >= 0.3 is 11.9 Å². The van der Waals surface area contributed by atoms with Crippen LogP contribution in [0.1, 0.15) is 201 Å². The largest absolute Gasteiger partial charge is 0.481 e. The van der Waals surface area contributed by atoms with Gasteiger partial charge in [0.15, 0.2) is 0 Å². The van der Waals surface area contributed by atoms with Crippen LogP contribution in [-0.4, -0.2) is 23.1 Å². The van der Waals surface area contributed by atoms with Crippen LogP contribution in [0.2, 0.25) is 0 Å². The third kappa shape index (κ3) is 28.9. The van der Waals surface area contributed by atoms with Crippen LogP contribution in [0.3, 0.4) is 0 Å². The van der Waals surface area contributed by atoms with Crippen LogP contribution in [0.25, 0.3) is 0 Å². The summed E-state index contributed by atoms with van der Waals surface area (Å²) in [4.78, 5) is 25.0. The van der Waals surface area contributed by atoms with Crippen molar-refractivity contribution in [1.29, 1.82) is 0 Å². The van der Waals surface area contributed by atoms with E-state index in [4.69, 9.17) is 4.74 Å². The van der Waals surface area contributed by atoms with Crippen molar-refractivity contribution in [2.45, 2.75) is 207 Å². The number of carboxylic acids is 1. The molecule has 0 bridgehead atoms. The van der Waals surface area contributed by atoms with E-state index in [2.05, 4.69) is 45.1 Å². The summed E-state index contributed by atoms with van der Waals surface area (Å²) in [6.45, 7) is 6.68. The van der Waals surface area contributed by atoms with E-state index in [0.29, 0.717) is 19.3 Å². The molecule has 0 saturated carbocycles. The standard InChI is InChI=1S/C39H72O4/c1-4-7-10-13-15-17-19-20-21-22-23-25-28-30-33-36(39(41)42)37(43-38(40)35-32-27-12-9-6-3)34-31-29-26-24-18-16-14-11-8-5-2/h15,17,20-21,36-37H,4-14,16,18-19,22-35H2,1-3H3,(H,41,42). The predicted molar refractivity (Wildman–Crippen MR) is 186 cm³/mol. The number of esters is 1. The molecule has 252 valence electrons. The van der Waals surface area contributed by atoms with Crippen LogP contribution in [0.15, 0.2) is 24.3 Å². The summed E-state index contributed by atoms with van der Waals surface area (Å²) in [5.41, 5.74) is 0. The van der Waals surface area contributed by atoms with Gasteiger partial charge in [-0.3, -0.25) is 9.59 Å². The second-order valence-electron chi connectivity index (χ2n) is 12.8. The molecule has 0 aliphatic carbocycles. The number of allylic oxidation sites excluding steroid dienone is 4. The van der Waals surface area contributed by atoms with E-state index in [1.54, 1.807) is 0 Å². The van der Waals surface area contributed by atoms with Gasteiger partial charge in [0.2, 0.25) is 0 Å². The first-order valence-electron chi connectivity index (χ1n) is 18.8. The number of unbranched alkanes of at least 4 members (excludes halogenated alkanes) is 20. The molecule has 43 heavy (non-hydrogen) atoms. The number of aliphatic carboxylic acids is 1. The van der Waals surface area contributed by atoms with Gasteiger partial charge in [-0.1, -0.05) is 161 Å². The van der Waals surface area contributed by atoms with Crippen molar-refractivity contribution in [3.63, 3.8) is 0 Å². The van der Waals surface area contributed by atoms with Crippen molar-refractivity contribution in [3.05, 3.63) is 24.3 Å². The zero-order chi connectivity index (χ0) is 31.6. The fraction of sp³-hybridized carbons (Fsp3) is 0.846. The Kier molecular flexibility index (Phi) is 32.1. The van der Waals surface area contributed by atoms with Crippen molar-refractivity contribution >= 4 is 11.9 Å². The van der Waals surface area contributed by atoms with E-state index in [0.717, 1.165) is 70.6 Å². The van der Waals surface area contributed by atoms with Crippen LogP contribution in [0.5, 0.6) is 0 Å². The molecule has 0 aromatic heterocycles. The van der Waals surface area contributed by atoms with Crippen LogP contribution in [-0.2, 0) is 14.3 Å². The lowest BCUT2D eigenvalue weighted by molar-refractivity contribution is -0.159. The van der Waals surface area contributed by atoms with E-state index in [1.807, 2.05) is 0 Å². The van der Waals surface area contributed by atoms with Gasteiger partial charge < -0.3 is 9.84 Å². The van der Waals surface area contributed by atoms with E-state index in [1.165, 1.54) is 89.9 Å². The number of rotatable bonds is 33. The smallest absolute Gasteiger partial charge is 0.310 e. The third-order valence-corrected chi connectivity index (χ3v) is 8.59. The summed E-state index contributed by atoms with van der Waals surface area (Å²) >= 11 is 0. The Labute approximate surface area is 267 Å². The maximum absolute atomic E-state index is 12.7. The summed E-state index contributed by atoms with van der Waals surface area (Å²) in [5, 5.41) is 10.1. The minimum absolute atomic E-state index is 0.206. The Balaban J connectivity index is 4.50. The summed E-state index contributed by atoms with van der Waals surface area (Å²) < 4.78 is 5.90. The van der Waals surface area contributed by atoms with Crippen molar-refractivity contribution in [3.8, 4) is 0 Å². The lowest BCUT2D eigenvalue weighted by atomic mass is 9.91. The van der Waals surface area contributed by atoms with E-state index in [-0.39, 0.29) is 5.97 Å². The molecular weight excluding hydrogens is 532 g/mol. The fourth-order valence-corrected chi connectivity index (χ4v) is 5.74. The van der Waals surface area contributed by atoms with E-state index in [9.17, 15) is 14.7 Å². The molecule has 0 fully saturated rings. The normalized spacial score (nSPS) is 13.2. The van der Waals surface area contributed by atoms with Gasteiger partial charge in [0, 0.05) is 6.42 Å².